The van der Waals surface area contributed by atoms with Crippen LogP contribution in [0.2, 0.25) is 0 Å². The summed E-state index contributed by atoms with van der Waals surface area (Å²) in [7, 11) is 1.70. The van der Waals surface area contributed by atoms with E-state index in [0.29, 0.717) is 0 Å². The molecule has 0 fully saturated rings. The van der Waals surface area contributed by atoms with Gasteiger partial charge in [0, 0.05) is 6.54 Å². The number of benzene rings is 1. The lowest BCUT2D eigenvalue weighted by atomic mass is 9.94. The first-order chi connectivity index (χ1) is 8.38. The smallest absolute Gasteiger partial charge is 0.118 e. The van der Waals surface area contributed by atoms with Crippen LogP contribution in [0.15, 0.2) is 36.4 Å². The second-order valence-electron chi connectivity index (χ2n) is 4.63. The number of rotatable bonds is 5. The van der Waals surface area contributed by atoms with Gasteiger partial charge in [-0.2, -0.15) is 0 Å². The highest BCUT2D eigenvalue weighted by Crippen LogP contribution is 2.17. The van der Waals surface area contributed by atoms with Crippen molar-refractivity contribution in [3.63, 3.8) is 0 Å². The maximum Gasteiger partial charge on any atom is 0.118 e. The fraction of sp³-hybridized carbons (Fsp3) is 0.467. The first-order valence-corrected chi connectivity index (χ1v) is 6.37. The maximum atomic E-state index is 5.14. The normalized spacial score (nSPS) is 19.2. The third kappa shape index (κ3) is 3.90. The molecule has 1 aromatic carbocycles. The van der Waals surface area contributed by atoms with Crippen molar-refractivity contribution < 1.29 is 4.74 Å². The summed E-state index contributed by atoms with van der Waals surface area (Å²) in [5.74, 6) is 1.74. The van der Waals surface area contributed by atoms with Crippen molar-refractivity contribution in [1.29, 1.82) is 0 Å². The van der Waals surface area contributed by atoms with Crippen molar-refractivity contribution in [2.45, 2.75) is 25.8 Å². The van der Waals surface area contributed by atoms with Crippen LogP contribution in [-0.4, -0.2) is 13.7 Å². The summed E-state index contributed by atoms with van der Waals surface area (Å²) >= 11 is 0. The van der Waals surface area contributed by atoms with E-state index in [0.717, 1.165) is 24.8 Å². The van der Waals surface area contributed by atoms with Crippen molar-refractivity contribution in [3.05, 3.63) is 42.0 Å². The van der Waals surface area contributed by atoms with Crippen molar-refractivity contribution >= 4 is 0 Å². The van der Waals surface area contributed by atoms with Gasteiger partial charge < -0.3 is 10.1 Å². The van der Waals surface area contributed by atoms with Crippen molar-refractivity contribution in [2.75, 3.05) is 13.7 Å². The van der Waals surface area contributed by atoms with E-state index < -0.39 is 0 Å². The Labute approximate surface area is 104 Å². The van der Waals surface area contributed by atoms with Crippen molar-refractivity contribution in [2.24, 2.45) is 5.92 Å². The Morgan fingerprint density at radius 2 is 2.06 bits per heavy atom. The average molecular weight is 231 g/mol. The van der Waals surface area contributed by atoms with Crippen LogP contribution in [0, 0.1) is 5.92 Å². The predicted molar refractivity (Wildman–Crippen MR) is 71.2 cm³/mol. The van der Waals surface area contributed by atoms with E-state index in [2.05, 4.69) is 29.6 Å². The summed E-state index contributed by atoms with van der Waals surface area (Å²) in [5.41, 5.74) is 1.32. The molecule has 2 nitrogen and oxygen atoms in total. The minimum atomic E-state index is 0.818. The van der Waals surface area contributed by atoms with Crippen LogP contribution in [0.5, 0.6) is 5.75 Å². The van der Waals surface area contributed by atoms with Gasteiger partial charge in [-0.25, -0.2) is 0 Å². The van der Waals surface area contributed by atoms with Gasteiger partial charge in [0.25, 0.3) is 0 Å². The fourth-order valence-electron chi connectivity index (χ4n) is 2.21. The molecule has 0 heterocycles. The SMILES string of the molecule is COc1ccc(CNC[C@@H]2CC=CCC2)cc1. The van der Waals surface area contributed by atoms with E-state index in [1.807, 2.05) is 12.1 Å². The molecule has 0 bridgehead atoms. The van der Waals surface area contributed by atoms with E-state index in [1.54, 1.807) is 7.11 Å². The van der Waals surface area contributed by atoms with E-state index in [1.165, 1.54) is 24.8 Å². The molecule has 1 N–H and O–H groups in total. The van der Waals surface area contributed by atoms with Gasteiger partial charge in [0.05, 0.1) is 7.11 Å². The van der Waals surface area contributed by atoms with Crippen LogP contribution in [-0.2, 0) is 6.54 Å². The first kappa shape index (κ1) is 12.2. The predicted octanol–water partition coefficient (Wildman–Crippen LogP) is 3.14. The Bertz CT molecular complexity index is 356. The molecule has 0 unspecified atom stereocenters. The standard InChI is InChI=1S/C15H21NO/c1-17-15-9-7-14(8-10-15)12-16-11-13-5-3-2-4-6-13/h2-3,7-10,13,16H,4-6,11-12H2,1H3/t13-/m1/s1. The molecule has 2 heteroatoms. The third-order valence-corrected chi connectivity index (χ3v) is 3.30. The fourth-order valence-corrected chi connectivity index (χ4v) is 2.21. The highest BCUT2D eigenvalue weighted by molar-refractivity contribution is 5.26. The molecule has 17 heavy (non-hydrogen) atoms. The second kappa shape index (κ2) is 6.45. The number of nitrogens with one attached hydrogen (secondary N) is 1. The molecule has 1 aliphatic carbocycles. The van der Waals surface area contributed by atoms with Crippen LogP contribution in [0.4, 0.5) is 0 Å². The topological polar surface area (TPSA) is 21.3 Å². The third-order valence-electron chi connectivity index (χ3n) is 3.30. The monoisotopic (exact) mass is 231 g/mol. The molecule has 0 radical (unpaired) electrons. The lowest BCUT2D eigenvalue weighted by Crippen LogP contribution is -2.23. The summed E-state index contributed by atoms with van der Waals surface area (Å²) in [5, 5.41) is 3.53. The molecule has 1 atom stereocenters. The van der Waals surface area contributed by atoms with Crippen molar-refractivity contribution in [1.82, 2.24) is 5.32 Å². The largest absolute Gasteiger partial charge is 0.497 e. The summed E-state index contributed by atoms with van der Waals surface area (Å²) < 4.78 is 5.14. The molecule has 2 rings (SSSR count). The van der Waals surface area contributed by atoms with E-state index in [4.69, 9.17) is 4.74 Å². The Morgan fingerprint density at radius 3 is 2.71 bits per heavy atom. The lowest BCUT2D eigenvalue weighted by molar-refractivity contribution is 0.414. The Hall–Kier alpha value is -1.28. The minimum absolute atomic E-state index is 0.818. The minimum Gasteiger partial charge on any atom is -0.497 e. The van der Waals surface area contributed by atoms with Gasteiger partial charge in [0.15, 0.2) is 0 Å². The van der Waals surface area contributed by atoms with Gasteiger partial charge in [-0.1, -0.05) is 24.3 Å². The molecular weight excluding hydrogens is 210 g/mol. The summed E-state index contributed by atoms with van der Waals surface area (Å²) in [6, 6.07) is 8.26. The first-order valence-electron chi connectivity index (χ1n) is 6.37. The zero-order chi connectivity index (χ0) is 11.9. The molecule has 0 aromatic heterocycles. The molecule has 92 valence electrons. The van der Waals surface area contributed by atoms with Gasteiger partial charge >= 0.3 is 0 Å². The van der Waals surface area contributed by atoms with Gasteiger partial charge in [-0.05, 0) is 49.4 Å². The van der Waals surface area contributed by atoms with E-state index in [9.17, 15) is 0 Å². The second-order valence-corrected chi connectivity index (χ2v) is 4.63. The molecular formula is C15H21NO. The van der Waals surface area contributed by atoms with Crippen LogP contribution < -0.4 is 10.1 Å². The van der Waals surface area contributed by atoms with E-state index >= 15 is 0 Å². The van der Waals surface area contributed by atoms with Crippen LogP contribution in [0.25, 0.3) is 0 Å². The number of hydrogen-bond donors (Lipinski definition) is 1. The summed E-state index contributed by atoms with van der Waals surface area (Å²) in [6.07, 6.45) is 8.40. The van der Waals surface area contributed by atoms with E-state index in [-0.39, 0.29) is 0 Å². The average Bonchev–Trinajstić information content (AvgIpc) is 2.41. The highest BCUT2D eigenvalue weighted by Gasteiger charge is 2.08. The Morgan fingerprint density at radius 1 is 1.24 bits per heavy atom. The highest BCUT2D eigenvalue weighted by atomic mass is 16.5. The molecule has 0 spiro atoms. The van der Waals surface area contributed by atoms with Gasteiger partial charge in [-0.15, -0.1) is 0 Å². The number of allylic oxidation sites excluding steroid dienone is 2. The summed E-state index contributed by atoms with van der Waals surface area (Å²) in [6.45, 7) is 2.07. The zero-order valence-corrected chi connectivity index (χ0v) is 10.5. The number of methoxy groups -OCH3 is 1. The molecule has 1 aromatic rings. The quantitative estimate of drug-likeness (QED) is 0.786. The number of ether oxygens (including phenoxy) is 1. The van der Waals surface area contributed by atoms with Gasteiger partial charge in [-0.3, -0.25) is 0 Å². The van der Waals surface area contributed by atoms with Gasteiger partial charge in [0.1, 0.15) is 5.75 Å². The molecule has 0 aliphatic heterocycles. The molecule has 0 saturated heterocycles. The lowest BCUT2D eigenvalue weighted by Gasteiger charge is -2.18. The van der Waals surface area contributed by atoms with Crippen LogP contribution in [0.3, 0.4) is 0 Å². The zero-order valence-electron chi connectivity index (χ0n) is 10.5. The summed E-state index contributed by atoms with van der Waals surface area (Å²) in [4.78, 5) is 0. The molecule has 0 saturated carbocycles. The van der Waals surface area contributed by atoms with Crippen LogP contribution in [0.1, 0.15) is 24.8 Å². The number of hydrogen-bond acceptors (Lipinski definition) is 2. The molecule has 1 aliphatic rings. The van der Waals surface area contributed by atoms with Crippen molar-refractivity contribution in [3.8, 4) is 5.75 Å². The van der Waals surface area contributed by atoms with Gasteiger partial charge in [0.2, 0.25) is 0 Å². The Kier molecular flexibility index (Phi) is 4.63. The Balaban J connectivity index is 1.72. The molecule has 0 amide bonds. The van der Waals surface area contributed by atoms with Crippen LogP contribution >= 0.6 is 0 Å². The maximum absolute atomic E-state index is 5.14.